The second-order valence-electron chi connectivity index (χ2n) is 6.35. The Labute approximate surface area is 184 Å². The van der Waals surface area contributed by atoms with Gasteiger partial charge in [-0.3, -0.25) is 4.99 Å². The van der Waals surface area contributed by atoms with Crippen molar-refractivity contribution in [2.75, 3.05) is 0 Å². The normalized spacial score (nSPS) is 11.8. The van der Waals surface area contributed by atoms with Crippen molar-refractivity contribution < 1.29 is 12.6 Å². The highest BCUT2D eigenvalue weighted by molar-refractivity contribution is 7.87. The molecular formula is C21H16Cl3NO3S. The van der Waals surface area contributed by atoms with Crippen molar-refractivity contribution in [1.29, 1.82) is 0 Å². The largest absolute Gasteiger partial charge is 0.376 e. The summed E-state index contributed by atoms with van der Waals surface area (Å²) >= 11 is 18.5. The van der Waals surface area contributed by atoms with Crippen LogP contribution in [0.15, 0.2) is 64.5 Å². The molecule has 0 unspecified atom stereocenters. The number of aryl methyl sites for hydroxylation is 2. The molecule has 0 saturated carbocycles. The average molecular weight is 469 g/mol. The van der Waals surface area contributed by atoms with E-state index in [0.29, 0.717) is 16.3 Å². The number of aliphatic imine (C=N–C) groups is 1. The van der Waals surface area contributed by atoms with Crippen LogP contribution in [0.5, 0.6) is 5.75 Å². The van der Waals surface area contributed by atoms with Crippen LogP contribution >= 0.6 is 34.8 Å². The standard InChI is InChI=1S/C21H16Cl3NO3S/c1-13-3-7-17(8-4-13)29(26,27)28-21-18(23)9-15(10-19(21)24)12-25-20-11-16(22)6-5-14(20)2/h3-12H,1-2H3. The topological polar surface area (TPSA) is 55.7 Å². The lowest BCUT2D eigenvalue weighted by Crippen LogP contribution is -2.10. The molecule has 0 atom stereocenters. The first-order valence-corrected chi connectivity index (χ1v) is 11.0. The van der Waals surface area contributed by atoms with Gasteiger partial charge in [-0.05, 0) is 61.4 Å². The van der Waals surface area contributed by atoms with Crippen LogP contribution in [-0.4, -0.2) is 14.6 Å². The van der Waals surface area contributed by atoms with Crippen molar-refractivity contribution in [2.45, 2.75) is 18.7 Å². The van der Waals surface area contributed by atoms with E-state index in [0.717, 1.165) is 11.1 Å². The number of rotatable bonds is 5. The lowest BCUT2D eigenvalue weighted by Gasteiger charge is -2.11. The van der Waals surface area contributed by atoms with E-state index in [2.05, 4.69) is 4.99 Å². The molecule has 150 valence electrons. The minimum absolute atomic E-state index is 0.0114. The second kappa shape index (κ2) is 8.76. The highest BCUT2D eigenvalue weighted by atomic mass is 35.5. The molecule has 0 heterocycles. The Kier molecular flexibility index (Phi) is 6.54. The molecule has 0 aliphatic carbocycles. The Morgan fingerprint density at radius 2 is 1.52 bits per heavy atom. The Morgan fingerprint density at radius 3 is 2.14 bits per heavy atom. The molecular weight excluding hydrogens is 453 g/mol. The van der Waals surface area contributed by atoms with Crippen molar-refractivity contribution in [3.05, 3.63) is 86.4 Å². The van der Waals surface area contributed by atoms with Crippen LogP contribution < -0.4 is 4.18 Å². The van der Waals surface area contributed by atoms with Gasteiger partial charge in [-0.2, -0.15) is 8.42 Å². The molecule has 0 radical (unpaired) electrons. The highest BCUT2D eigenvalue weighted by Gasteiger charge is 2.21. The van der Waals surface area contributed by atoms with Crippen molar-refractivity contribution in [1.82, 2.24) is 0 Å². The summed E-state index contributed by atoms with van der Waals surface area (Å²) in [4.78, 5) is 4.40. The second-order valence-corrected chi connectivity index (χ2v) is 9.15. The van der Waals surface area contributed by atoms with Gasteiger partial charge in [0, 0.05) is 11.2 Å². The monoisotopic (exact) mass is 467 g/mol. The zero-order valence-electron chi connectivity index (χ0n) is 15.5. The Balaban J connectivity index is 1.88. The molecule has 0 N–H and O–H groups in total. The fourth-order valence-corrected chi connectivity index (χ4v) is 4.27. The SMILES string of the molecule is Cc1ccc(S(=O)(=O)Oc2c(Cl)cc(C=Nc3cc(Cl)ccc3C)cc2Cl)cc1. The predicted octanol–water partition coefficient (Wildman–Crippen LogP) is 6.78. The maximum atomic E-state index is 12.5. The molecule has 3 aromatic rings. The molecule has 3 rings (SSSR count). The zero-order chi connectivity index (χ0) is 21.2. The van der Waals surface area contributed by atoms with E-state index in [9.17, 15) is 8.42 Å². The number of nitrogens with zero attached hydrogens (tertiary/aromatic N) is 1. The maximum Gasteiger partial charge on any atom is 0.339 e. The van der Waals surface area contributed by atoms with Crippen LogP contribution in [0.4, 0.5) is 5.69 Å². The van der Waals surface area contributed by atoms with Crippen molar-refractivity contribution in [3.8, 4) is 5.75 Å². The molecule has 0 aromatic heterocycles. The Hall–Kier alpha value is -2.05. The highest BCUT2D eigenvalue weighted by Crippen LogP contribution is 2.36. The van der Waals surface area contributed by atoms with E-state index in [-0.39, 0.29) is 20.7 Å². The third kappa shape index (κ3) is 5.31. The van der Waals surface area contributed by atoms with Crippen LogP contribution in [0.25, 0.3) is 0 Å². The first kappa shape index (κ1) is 21.7. The maximum absolute atomic E-state index is 12.5. The molecule has 0 amide bonds. The predicted molar refractivity (Wildman–Crippen MR) is 119 cm³/mol. The summed E-state index contributed by atoms with van der Waals surface area (Å²) in [5.74, 6) is -0.134. The molecule has 29 heavy (non-hydrogen) atoms. The number of halogens is 3. The smallest absolute Gasteiger partial charge is 0.339 e. The fraction of sp³-hybridized carbons (Fsp3) is 0.0952. The molecule has 0 aliphatic heterocycles. The lowest BCUT2D eigenvalue weighted by molar-refractivity contribution is 0.486. The van der Waals surface area contributed by atoms with Gasteiger partial charge in [0.2, 0.25) is 0 Å². The van der Waals surface area contributed by atoms with Crippen LogP contribution in [-0.2, 0) is 10.1 Å². The van der Waals surface area contributed by atoms with Crippen LogP contribution in [0.2, 0.25) is 15.1 Å². The van der Waals surface area contributed by atoms with E-state index in [1.807, 2.05) is 19.9 Å². The molecule has 0 fully saturated rings. The minimum Gasteiger partial charge on any atom is -0.376 e. The summed E-state index contributed by atoms with van der Waals surface area (Å²) in [5.41, 5.74) is 3.16. The Morgan fingerprint density at radius 1 is 0.897 bits per heavy atom. The quantitative estimate of drug-likeness (QED) is 0.306. The summed E-state index contributed by atoms with van der Waals surface area (Å²) < 4.78 is 30.2. The van der Waals surface area contributed by atoms with E-state index in [1.54, 1.807) is 30.5 Å². The van der Waals surface area contributed by atoms with Gasteiger partial charge in [-0.1, -0.05) is 58.6 Å². The van der Waals surface area contributed by atoms with Crippen molar-refractivity contribution in [3.63, 3.8) is 0 Å². The van der Waals surface area contributed by atoms with E-state index in [4.69, 9.17) is 39.0 Å². The minimum atomic E-state index is -4.07. The van der Waals surface area contributed by atoms with Crippen molar-refractivity contribution >= 4 is 56.8 Å². The third-order valence-corrected chi connectivity index (χ3v) is 6.08. The summed E-state index contributed by atoms with van der Waals surface area (Å²) in [5, 5.41) is 0.679. The van der Waals surface area contributed by atoms with E-state index >= 15 is 0 Å². The molecule has 8 heteroatoms. The zero-order valence-corrected chi connectivity index (χ0v) is 18.6. The summed E-state index contributed by atoms with van der Waals surface area (Å²) in [6, 6.07) is 14.7. The molecule has 0 aliphatic rings. The van der Waals surface area contributed by atoms with Crippen LogP contribution in [0, 0.1) is 13.8 Å². The van der Waals surface area contributed by atoms with E-state index in [1.165, 1.54) is 24.3 Å². The third-order valence-electron chi connectivity index (χ3n) is 4.05. The summed E-state index contributed by atoms with van der Waals surface area (Å²) in [6.45, 7) is 3.77. The van der Waals surface area contributed by atoms with Crippen molar-refractivity contribution in [2.24, 2.45) is 4.99 Å². The molecule has 0 spiro atoms. The summed E-state index contributed by atoms with van der Waals surface area (Å²) in [6.07, 6.45) is 1.56. The van der Waals surface area contributed by atoms with Gasteiger partial charge in [-0.25, -0.2) is 0 Å². The molecule has 0 saturated heterocycles. The first-order chi connectivity index (χ1) is 13.7. The van der Waals surface area contributed by atoms with Crippen LogP contribution in [0.1, 0.15) is 16.7 Å². The van der Waals surface area contributed by atoms with E-state index < -0.39 is 10.1 Å². The fourth-order valence-electron chi connectivity index (χ4n) is 2.46. The van der Waals surface area contributed by atoms with Gasteiger partial charge < -0.3 is 4.18 Å². The molecule has 0 bridgehead atoms. The number of hydrogen-bond acceptors (Lipinski definition) is 4. The lowest BCUT2D eigenvalue weighted by atomic mass is 10.2. The van der Waals surface area contributed by atoms with Crippen LogP contribution in [0.3, 0.4) is 0 Å². The first-order valence-electron chi connectivity index (χ1n) is 8.46. The van der Waals surface area contributed by atoms with Gasteiger partial charge in [0.05, 0.1) is 15.7 Å². The van der Waals surface area contributed by atoms with Gasteiger partial charge in [0.15, 0.2) is 5.75 Å². The average Bonchev–Trinajstić information content (AvgIpc) is 2.66. The van der Waals surface area contributed by atoms with Gasteiger partial charge in [0.1, 0.15) is 4.90 Å². The molecule has 4 nitrogen and oxygen atoms in total. The van der Waals surface area contributed by atoms with Gasteiger partial charge in [0.25, 0.3) is 0 Å². The van der Waals surface area contributed by atoms with Gasteiger partial charge >= 0.3 is 10.1 Å². The molecule has 3 aromatic carbocycles. The van der Waals surface area contributed by atoms with Gasteiger partial charge in [-0.15, -0.1) is 0 Å². The number of benzene rings is 3. The number of hydrogen-bond donors (Lipinski definition) is 0. The summed E-state index contributed by atoms with van der Waals surface area (Å²) in [7, 11) is -4.07. The Bertz CT molecular complexity index is 1170.